The third-order valence-electron chi connectivity index (χ3n) is 3.98. The summed E-state index contributed by atoms with van der Waals surface area (Å²) in [5.41, 5.74) is 10.7. The molecule has 0 fully saturated rings. The van der Waals surface area contributed by atoms with Crippen molar-refractivity contribution in [3.8, 4) is 16.9 Å². The average molecular weight is 313 g/mol. The number of Topliss-reactive ketones (excluding diaryl/α,β-unsaturated/α-hetero) is 1. The smallest absolute Gasteiger partial charge is 0.146 e. The summed E-state index contributed by atoms with van der Waals surface area (Å²) in [4.78, 5) is 11.3. The highest BCUT2D eigenvalue weighted by Crippen LogP contribution is 2.34. The lowest BCUT2D eigenvalue weighted by molar-refractivity contribution is -0.118. The molecular formula is C19H23NO3. The summed E-state index contributed by atoms with van der Waals surface area (Å²) in [7, 11) is 1.62. The summed E-state index contributed by atoms with van der Waals surface area (Å²) in [6, 6.07) is 11.3. The van der Waals surface area contributed by atoms with Crippen LogP contribution in [0.2, 0.25) is 0 Å². The zero-order valence-electron chi connectivity index (χ0n) is 13.8. The lowest BCUT2D eigenvalue weighted by Crippen LogP contribution is -2.30. The molecule has 0 saturated heterocycles. The van der Waals surface area contributed by atoms with Gasteiger partial charge in [-0.1, -0.05) is 30.3 Å². The molecule has 0 heterocycles. The minimum absolute atomic E-state index is 0.00816. The molecule has 0 radical (unpaired) electrons. The van der Waals surface area contributed by atoms with Crippen molar-refractivity contribution >= 4 is 5.78 Å². The van der Waals surface area contributed by atoms with Gasteiger partial charge in [-0.2, -0.15) is 0 Å². The zero-order chi connectivity index (χ0) is 17.0. The average Bonchev–Trinajstić information content (AvgIpc) is 2.54. The minimum Gasteiger partial charge on any atom is -0.496 e. The van der Waals surface area contributed by atoms with Gasteiger partial charge in [0.15, 0.2) is 0 Å². The van der Waals surface area contributed by atoms with Crippen molar-refractivity contribution in [2.45, 2.75) is 32.9 Å². The number of hydrogen-bond donors (Lipinski definition) is 2. The summed E-state index contributed by atoms with van der Waals surface area (Å²) in [5, 5.41) is 9.31. The van der Waals surface area contributed by atoms with Crippen molar-refractivity contribution in [3.05, 3.63) is 53.1 Å². The highest BCUT2D eigenvalue weighted by molar-refractivity contribution is 5.81. The van der Waals surface area contributed by atoms with E-state index in [2.05, 4.69) is 0 Å². The number of aliphatic hydroxyl groups excluding tert-OH is 1. The van der Waals surface area contributed by atoms with E-state index >= 15 is 0 Å². The van der Waals surface area contributed by atoms with Gasteiger partial charge in [0.25, 0.3) is 0 Å². The molecule has 3 N–H and O–H groups in total. The standard InChI is InChI=1S/C19H23NO3/c1-12-8-15(11-21)10-18(23-3)19(12)16-6-4-14(5-7-16)9-17(20)13(2)22/h4-8,10,17,21H,9,11,20H2,1-3H3/t17-/m0/s1. The van der Waals surface area contributed by atoms with E-state index in [4.69, 9.17) is 10.5 Å². The van der Waals surface area contributed by atoms with Crippen molar-refractivity contribution in [1.29, 1.82) is 0 Å². The Morgan fingerprint density at radius 1 is 1.22 bits per heavy atom. The second-order valence-electron chi connectivity index (χ2n) is 5.77. The number of aryl methyl sites for hydroxylation is 1. The number of ketones is 1. The van der Waals surface area contributed by atoms with E-state index in [9.17, 15) is 9.90 Å². The first-order valence-corrected chi connectivity index (χ1v) is 7.60. The van der Waals surface area contributed by atoms with Crippen LogP contribution in [0.15, 0.2) is 36.4 Å². The van der Waals surface area contributed by atoms with Crippen LogP contribution < -0.4 is 10.5 Å². The highest BCUT2D eigenvalue weighted by atomic mass is 16.5. The third-order valence-corrected chi connectivity index (χ3v) is 3.98. The van der Waals surface area contributed by atoms with Crippen LogP contribution in [0.4, 0.5) is 0 Å². The summed E-state index contributed by atoms with van der Waals surface area (Å²) in [6.07, 6.45) is 0.537. The van der Waals surface area contributed by atoms with E-state index < -0.39 is 6.04 Å². The fourth-order valence-electron chi connectivity index (χ4n) is 2.65. The quantitative estimate of drug-likeness (QED) is 0.860. The Kier molecular flexibility index (Phi) is 5.53. The van der Waals surface area contributed by atoms with E-state index in [1.807, 2.05) is 43.3 Å². The molecule has 0 unspecified atom stereocenters. The van der Waals surface area contributed by atoms with Crippen molar-refractivity contribution in [3.63, 3.8) is 0 Å². The molecular weight excluding hydrogens is 290 g/mol. The first-order chi connectivity index (χ1) is 11.0. The number of carbonyl (C=O) groups is 1. The van der Waals surface area contributed by atoms with Crippen molar-refractivity contribution in [1.82, 2.24) is 0 Å². The monoisotopic (exact) mass is 313 g/mol. The summed E-state index contributed by atoms with van der Waals surface area (Å²) in [6.45, 7) is 3.49. The maximum atomic E-state index is 11.3. The highest BCUT2D eigenvalue weighted by Gasteiger charge is 2.13. The lowest BCUT2D eigenvalue weighted by Gasteiger charge is -2.15. The second-order valence-corrected chi connectivity index (χ2v) is 5.77. The van der Waals surface area contributed by atoms with Crippen molar-refractivity contribution < 1.29 is 14.6 Å². The largest absolute Gasteiger partial charge is 0.496 e. The lowest BCUT2D eigenvalue weighted by atomic mass is 9.95. The molecule has 4 nitrogen and oxygen atoms in total. The van der Waals surface area contributed by atoms with Gasteiger partial charge in [0, 0.05) is 5.56 Å². The van der Waals surface area contributed by atoms with Gasteiger partial charge in [-0.15, -0.1) is 0 Å². The maximum absolute atomic E-state index is 11.3. The van der Waals surface area contributed by atoms with Crippen LogP contribution >= 0.6 is 0 Å². The Morgan fingerprint density at radius 2 is 1.87 bits per heavy atom. The van der Waals surface area contributed by atoms with Crippen LogP contribution in [0.5, 0.6) is 5.75 Å². The number of methoxy groups -OCH3 is 1. The van der Waals surface area contributed by atoms with Crippen LogP contribution in [0.1, 0.15) is 23.6 Å². The predicted molar refractivity (Wildman–Crippen MR) is 91.5 cm³/mol. The van der Waals surface area contributed by atoms with E-state index in [0.29, 0.717) is 6.42 Å². The molecule has 1 atom stereocenters. The first kappa shape index (κ1) is 17.2. The van der Waals surface area contributed by atoms with Gasteiger partial charge in [0.1, 0.15) is 11.5 Å². The maximum Gasteiger partial charge on any atom is 0.146 e. The SMILES string of the molecule is COc1cc(CO)cc(C)c1-c1ccc(C[C@H](N)C(C)=O)cc1. The Balaban J connectivity index is 2.34. The minimum atomic E-state index is -0.457. The molecule has 2 aromatic rings. The van der Waals surface area contributed by atoms with Crippen molar-refractivity contribution in [2.75, 3.05) is 7.11 Å². The third kappa shape index (κ3) is 3.97. The fraction of sp³-hybridized carbons (Fsp3) is 0.316. The summed E-state index contributed by atoms with van der Waals surface area (Å²) >= 11 is 0. The van der Waals surface area contributed by atoms with Crippen LogP contribution in [-0.2, 0) is 17.8 Å². The molecule has 23 heavy (non-hydrogen) atoms. The molecule has 2 rings (SSSR count). The Bertz CT molecular complexity index is 693. The summed E-state index contributed by atoms with van der Waals surface area (Å²) in [5.74, 6) is 0.730. The van der Waals surface area contributed by atoms with Crippen LogP contribution in [0.25, 0.3) is 11.1 Å². The second kappa shape index (κ2) is 7.40. The molecule has 0 spiro atoms. The number of benzene rings is 2. The molecule has 0 saturated carbocycles. The molecule has 0 aromatic heterocycles. The first-order valence-electron chi connectivity index (χ1n) is 7.60. The topological polar surface area (TPSA) is 72.6 Å². The molecule has 0 amide bonds. The summed E-state index contributed by atoms with van der Waals surface area (Å²) < 4.78 is 5.47. The number of aliphatic hydroxyl groups is 1. The van der Waals surface area contributed by atoms with E-state index in [0.717, 1.165) is 33.6 Å². The Morgan fingerprint density at radius 3 is 2.39 bits per heavy atom. The number of hydrogen-bond acceptors (Lipinski definition) is 4. The van der Waals surface area contributed by atoms with Gasteiger partial charge < -0.3 is 15.6 Å². The van der Waals surface area contributed by atoms with Crippen LogP contribution in [-0.4, -0.2) is 24.0 Å². The number of rotatable bonds is 6. The molecule has 4 heteroatoms. The van der Waals surface area contributed by atoms with Gasteiger partial charge in [-0.05, 0) is 48.6 Å². The number of nitrogens with two attached hydrogens (primary N) is 1. The fourth-order valence-corrected chi connectivity index (χ4v) is 2.65. The number of ether oxygens (including phenoxy) is 1. The van der Waals surface area contributed by atoms with E-state index in [1.54, 1.807) is 7.11 Å². The van der Waals surface area contributed by atoms with Gasteiger partial charge in [-0.25, -0.2) is 0 Å². The van der Waals surface area contributed by atoms with Crippen LogP contribution in [0.3, 0.4) is 0 Å². The predicted octanol–water partition coefficient (Wildman–Crippen LogP) is 2.62. The number of carbonyl (C=O) groups excluding carboxylic acids is 1. The molecule has 2 aromatic carbocycles. The van der Waals surface area contributed by atoms with Gasteiger partial charge in [-0.3, -0.25) is 4.79 Å². The molecule has 0 aliphatic heterocycles. The Hall–Kier alpha value is -2.17. The molecule has 0 bridgehead atoms. The van der Waals surface area contributed by atoms with E-state index in [-0.39, 0.29) is 12.4 Å². The Labute approximate surface area is 136 Å². The van der Waals surface area contributed by atoms with E-state index in [1.165, 1.54) is 6.92 Å². The normalized spacial score (nSPS) is 12.0. The van der Waals surface area contributed by atoms with Gasteiger partial charge >= 0.3 is 0 Å². The van der Waals surface area contributed by atoms with Crippen molar-refractivity contribution in [2.24, 2.45) is 5.73 Å². The molecule has 0 aliphatic carbocycles. The molecule has 0 aliphatic rings. The van der Waals surface area contributed by atoms with Crippen LogP contribution in [0, 0.1) is 6.92 Å². The zero-order valence-corrected chi connectivity index (χ0v) is 13.8. The van der Waals surface area contributed by atoms with Gasteiger partial charge in [0.2, 0.25) is 0 Å². The molecule has 122 valence electrons. The van der Waals surface area contributed by atoms with Gasteiger partial charge in [0.05, 0.1) is 19.8 Å².